The number of hydrogen-bond acceptors (Lipinski definition) is 8. The highest BCUT2D eigenvalue weighted by atomic mass is 16.3. The molecule has 2 fully saturated rings. The van der Waals surface area contributed by atoms with Crippen molar-refractivity contribution in [2.75, 3.05) is 27.3 Å². The predicted octanol–water partition coefficient (Wildman–Crippen LogP) is 2.33. The quantitative estimate of drug-likeness (QED) is 0.102. The molecule has 3 rings (SSSR count). The molecule has 0 bridgehead atoms. The summed E-state index contributed by atoms with van der Waals surface area (Å²) in [5, 5.41) is 39.0. The highest BCUT2D eigenvalue weighted by Gasteiger charge is 2.43. The van der Waals surface area contributed by atoms with E-state index in [0.717, 1.165) is 22.6 Å². The van der Waals surface area contributed by atoms with Gasteiger partial charge in [0, 0.05) is 20.0 Å². The zero-order valence-corrected chi connectivity index (χ0v) is 23.5. The molecule has 0 unspecified atom stereocenters. The lowest BCUT2D eigenvalue weighted by Crippen LogP contribution is -2.34. The third-order valence-corrected chi connectivity index (χ3v) is 7.35. The SMILES string of the molecule is CN1C(=O)\C(=C(O)/C=C/C=C/C=C/[C@@H]2CCC=C[C@H]2/C=C/C=C/C=C/C(O)=C2/C(=O)[C@H](CO)N(C)C2=O)C(=O)[C@@H]1CO. The summed E-state index contributed by atoms with van der Waals surface area (Å²) in [5.41, 5.74) is -0.665. The van der Waals surface area contributed by atoms with E-state index in [9.17, 15) is 39.6 Å². The molecule has 0 saturated carbocycles. The van der Waals surface area contributed by atoms with Crippen molar-refractivity contribution in [3.8, 4) is 0 Å². The van der Waals surface area contributed by atoms with Crippen molar-refractivity contribution in [1.82, 2.24) is 9.80 Å². The number of Topliss-reactive ketones (excluding diaryl/α,β-unsaturated/α-hetero) is 2. The predicted molar refractivity (Wildman–Crippen MR) is 157 cm³/mol. The van der Waals surface area contributed by atoms with E-state index in [1.165, 1.54) is 38.4 Å². The van der Waals surface area contributed by atoms with Gasteiger partial charge in [-0.2, -0.15) is 0 Å². The molecule has 0 radical (unpaired) electrons. The molecule has 0 aromatic heterocycles. The number of nitrogens with zero attached hydrogens (tertiary/aromatic N) is 2. The Bertz CT molecular complexity index is 1360. The Morgan fingerprint density at radius 1 is 0.738 bits per heavy atom. The summed E-state index contributed by atoms with van der Waals surface area (Å²) in [4.78, 5) is 51.0. The van der Waals surface area contributed by atoms with Gasteiger partial charge in [-0.3, -0.25) is 19.2 Å². The van der Waals surface area contributed by atoms with Crippen LogP contribution in [-0.2, 0) is 19.2 Å². The van der Waals surface area contributed by atoms with Crippen molar-refractivity contribution in [2.45, 2.75) is 24.9 Å². The van der Waals surface area contributed by atoms with Gasteiger partial charge in [0.05, 0.1) is 13.2 Å². The van der Waals surface area contributed by atoms with Crippen molar-refractivity contribution in [1.29, 1.82) is 0 Å². The lowest BCUT2D eigenvalue weighted by Gasteiger charge is -2.22. The standard InChI is InChI=1S/C32H36N2O8/c1-33-23(19-35)29(39)27(31(33)41)25(37)17-9-5-3-7-13-21-15-11-12-16-22(21)14-8-4-6-10-18-26(38)28-30(40)24(20-36)34(2)32(28)42/h3-11,13-15,17-18,21-24,35-38H,12,16,19-20H2,1-2H3/b5-3+,6-4+,13-7+,14-8+,17-9+,18-10+,27-25+,28-26+/t21-,22-,23+,24+/m1/s1. The van der Waals surface area contributed by atoms with Gasteiger partial charge < -0.3 is 30.2 Å². The summed E-state index contributed by atoms with van der Waals surface area (Å²) in [6, 6.07) is -1.95. The van der Waals surface area contributed by atoms with E-state index in [-0.39, 0.29) is 23.0 Å². The number of likely N-dealkylation sites (N-methyl/N-ethyl adjacent to an activating group) is 2. The highest BCUT2D eigenvalue weighted by molar-refractivity contribution is 6.27. The minimum Gasteiger partial charge on any atom is -0.507 e. The van der Waals surface area contributed by atoms with E-state index in [0.29, 0.717) is 0 Å². The van der Waals surface area contributed by atoms with Crippen LogP contribution in [0.2, 0.25) is 0 Å². The molecule has 3 aliphatic rings. The Hall–Kier alpha value is -4.54. The van der Waals surface area contributed by atoms with Crippen LogP contribution in [0.5, 0.6) is 0 Å². The largest absolute Gasteiger partial charge is 0.507 e. The first-order valence-electron chi connectivity index (χ1n) is 13.5. The Kier molecular flexibility index (Phi) is 11.3. The number of aliphatic hydroxyl groups is 4. The van der Waals surface area contributed by atoms with Gasteiger partial charge in [-0.1, -0.05) is 72.9 Å². The molecule has 4 N–H and O–H groups in total. The molecule has 2 saturated heterocycles. The number of amides is 2. The molecular weight excluding hydrogens is 540 g/mol. The van der Waals surface area contributed by atoms with Crippen molar-refractivity contribution in [3.63, 3.8) is 0 Å². The minimum absolute atomic E-state index is 0.160. The maximum atomic E-state index is 12.2. The van der Waals surface area contributed by atoms with Gasteiger partial charge >= 0.3 is 0 Å². The molecule has 2 aliphatic heterocycles. The zero-order valence-electron chi connectivity index (χ0n) is 23.5. The van der Waals surface area contributed by atoms with Crippen LogP contribution in [0.4, 0.5) is 0 Å². The van der Waals surface area contributed by atoms with Crippen LogP contribution in [-0.4, -0.2) is 93.0 Å². The zero-order chi connectivity index (χ0) is 30.8. The molecule has 10 heteroatoms. The van der Waals surface area contributed by atoms with Gasteiger partial charge in [0.2, 0.25) is 0 Å². The number of allylic oxidation sites excluding steroid dienone is 14. The second-order valence-corrected chi connectivity index (χ2v) is 9.98. The van der Waals surface area contributed by atoms with Gasteiger partial charge in [0.25, 0.3) is 11.8 Å². The molecule has 2 amide bonds. The number of carbonyl (C=O) groups is 4. The van der Waals surface area contributed by atoms with Gasteiger partial charge in [-0.25, -0.2) is 0 Å². The first-order chi connectivity index (χ1) is 20.1. The maximum absolute atomic E-state index is 12.2. The highest BCUT2D eigenvalue weighted by Crippen LogP contribution is 2.27. The molecular formula is C32H36N2O8. The topological polar surface area (TPSA) is 156 Å². The molecule has 42 heavy (non-hydrogen) atoms. The molecule has 2 heterocycles. The van der Waals surface area contributed by atoms with E-state index in [2.05, 4.69) is 18.2 Å². The molecule has 222 valence electrons. The maximum Gasteiger partial charge on any atom is 0.261 e. The summed E-state index contributed by atoms with van der Waals surface area (Å²) in [6.07, 6.45) is 26.5. The van der Waals surface area contributed by atoms with Crippen LogP contribution in [0.3, 0.4) is 0 Å². The Balaban J connectivity index is 1.56. The van der Waals surface area contributed by atoms with E-state index in [1.807, 2.05) is 18.2 Å². The summed E-state index contributed by atoms with van der Waals surface area (Å²) in [7, 11) is 2.80. The van der Waals surface area contributed by atoms with Gasteiger partial charge in [0.1, 0.15) is 34.7 Å². The molecule has 0 aromatic rings. The number of rotatable bonds is 10. The number of likely N-dealkylation sites (tertiary alicyclic amines) is 2. The van der Waals surface area contributed by atoms with Crippen LogP contribution >= 0.6 is 0 Å². The molecule has 0 aromatic carbocycles. The second-order valence-electron chi connectivity index (χ2n) is 9.98. The lowest BCUT2D eigenvalue weighted by molar-refractivity contribution is -0.126. The molecule has 0 spiro atoms. The van der Waals surface area contributed by atoms with Gasteiger partial charge in [-0.15, -0.1) is 0 Å². The van der Waals surface area contributed by atoms with Crippen LogP contribution in [0.25, 0.3) is 0 Å². The molecule has 4 atom stereocenters. The fourth-order valence-corrected chi connectivity index (χ4v) is 4.84. The number of carbonyl (C=O) groups excluding carboxylic acids is 4. The van der Waals surface area contributed by atoms with Gasteiger partial charge in [-0.05, 0) is 30.9 Å². The summed E-state index contributed by atoms with van der Waals surface area (Å²) in [5.74, 6) is -2.95. The molecule has 10 nitrogen and oxygen atoms in total. The number of hydrogen-bond donors (Lipinski definition) is 4. The van der Waals surface area contributed by atoms with E-state index in [4.69, 9.17) is 0 Å². The van der Waals surface area contributed by atoms with E-state index < -0.39 is 60.2 Å². The first-order valence-corrected chi connectivity index (χ1v) is 13.5. The first kappa shape index (κ1) is 32.0. The third kappa shape index (κ3) is 7.20. The monoisotopic (exact) mass is 576 g/mol. The lowest BCUT2D eigenvalue weighted by atomic mass is 9.83. The smallest absolute Gasteiger partial charge is 0.261 e. The average molecular weight is 577 g/mol. The summed E-state index contributed by atoms with van der Waals surface area (Å²) >= 11 is 0. The minimum atomic E-state index is -0.977. The third-order valence-electron chi connectivity index (χ3n) is 7.35. The molecule has 1 aliphatic carbocycles. The van der Waals surface area contributed by atoms with Crippen molar-refractivity contribution < 1.29 is 39.6 Å². The summed E-state index contributed by atoms with van der Waals surface area (Å²) < 4.78 is 0. The Labute approximate surface area is 244 Å². The van der Waals surface area contributed by atoms with E-state index in [1.54, 1.807) is 24.3 Å². The normalized spacial score (nSPS) is 28.2. The van der Waals surface area contributed by atoms with Crippen molar-refractivity contribution in [3.05, 3.63) is 108 Å². The van der Waals surface area contributed by atoms with Crippen LogP contribution < -0.4 is 0 Å². The Morgan fingerprint density at radius 2 is 1.19 bits per heavy atom. The number of ketones is 2. The fourth-order valence-electron chi connectivity index (χ4n) is 4.84. The average Bonchev–Trinajstić information content (AvgIpc) is 3.33. The van der Waals surface area contributed by atoms with Gasteiger partial charge in [0.15, 0.2) is 11.6 Å². The Morgan fingerprint density at radius 3 is 1.64 bits per heavy atom. The van der Waals surface area contributed by atoms with Crippen LogP contribution in [0.15, 0.2) is 108 Å². The van der Waals surface area contributed by atoms with Crippen molar-refractivity contribution >= 4 is 23.4 Å². The van der Waals surface area contributed by atoms with Crippen LogP contribution in [0.1, 0.15) is 12.8 Å². The summed E-state index contributed by atoms with van der Waals surface area (Å²) in [6.45, 7) is -1.02. The number of aliphatic hydroxyl groups excluding tert-OH is 4. The fraction of sp³-hybridized carbons (Fsp3) is 0.312. The van der Waals surface area contributed by atoms with E-state index >= 15 is 0 Å². The van der Waals surface area contributed by atoms with Crippen molar-refractivity contribution in [2.24, 2.45) is 11.8 Å². The second kappa shape index (κ2) is 14.9. The van der Waals surface area contributed by atoms with Crippen LogP contribution in [0, 0.1) is 11.8 Å².